The fourth-order valence-corrected chi connectivity index (χ4v) is 1.57. The van der Waals surface area contributed by atoms with Gasteiger partial charge in [0, 0.05) is 6.08 Å². The molecule has 0 saturated heterocycles. The van der Waals surface area contributed by atoms with Crippen LogP contribution in [0.4, 0.5) is 0 Å². The van der Waals surface area contributed by atoms with Crippen molar-refractivity contribution in [2.24, 2.45) is 0 Å². The summed E-state index contributed by atoms with van der Waals surface area (Å²) in [6, 6.07) is 5.53. The van der Waals surface area contributed by atoms with E-state index >= 15 is 0 Å². The lowest BCUT2D eigenvalue weighted by molar-refractivity contribution is -0.137. The van der Waals surface area contributed by atoms with Crippen molar-refractivity contribution in [3.63, 3.8) is 0 Å². The van der Waals surface area contributed by atoms with Gasteiger partial charge in [0.05, 0.1) is 30.9 Å². The van der Waals surface area contributed by atoms with Crippen LogP contribution in [0, 0.1) is 0 Å². The molecule has 5 nitrogen and oxygen atoms in total. The molecule has 0 aliphatic rings. The Labute approximate surface area is 110 Å². The summed E-state index contributed by atoms with van der Waals surface area (Å²) in [7, 11) is 1.55. The molecule has 0 aliphatic heterocycles. The molecular formula is C14H14N2O3. The Bertz CT molecular complexity index is 623. The van der Waals surface area contributed by atoms with Crippen LogP contribution in [-0.4, -0.2) is 29.7 Å². The van der Waals surface area contributed by atoms with Gasteiger partial charge in [-0.25, -0.2) is 14.8 Å². The first-order valence-corrected chi connectivity index (χ1v) is 5.88. The first-order valence-electron chi connectivity index (χ1n) is 5.88. The number of carbonyl (C=O) groups excluding carboxylic acids is 1. The van der Waals surface area contributed by atoms with Gasteiger partial charge in [0.2, 0.25) is 5.88 Å². The minimum atomic E-state index is -0.358. The highest BCUT2D eigenvalue weighted by Crippen LogP contribution is 2.16. The Morgan fingerprint density at radius 1 is 1.37 bits per heavy atom. The molecule has 0 bridgehead atoms. The quantitative estimate of drug-likeness (QED) is 0.621. The van der Waals surface area contributed by atoms with Gasteiger partial charge in [-0.2, -0.15) is 0 Å². The summed E-state index contributed by atoms with van der Waals surface area (Å²) >= 11 is 0. The molecule has 1 aromatic heterocycles. The van der Waals surface area contributed by atoms with Crippen LogP contribution in [0.5, 0.6) is 5.88 Å². The van der Waals surface area contributed by atoms with Gasteiger partial charge in [-0.05, 0) is 30.7 Å². The van der Waals surface area contributed by atoms with Gasteiger partial charge < -0.3 is 9.47 Å². The summed E-state index contributed by atoms with van der Waals surface area (Å²) in [6.45, 7) is 2.14. The fraction of sp³-hybridized carbons (Fsp3) is 0.214. The topological polar surface area (TPSA) is 61.3 Å². The van der Waals surface area contributed by atoms with Gasteiger partial charge in [-0.15, -0.1) is 0 Å². The van der Waals surface area contributed by atoms with Crippen molar-refractivity contribution in [1.82, 2.24) is 9.97 Å². The van der Waals surface area contributed by atoms with Gasteiger partial charge >= 0.3 is 5.97 Å². The van der Waals surface area contributed by atoms with Crippen LogP contribution in [-0.2, 0) is 9.53 Å². The van der Waals surface area contributed by atoms with Crippen molar-refractivity contribution in [1.29, 1.82) is 0 Å². The van der Waals surface area contributed by atoms with Crippen LogP contribution in [0.2, 0.25) is 0 Å². The van der Waals surface area contributed by atoms with Gasteiger partial charge in [0.1, 0.15) is 0 Å². The molecule has 2 aromatic rings. The summed E-state index contributed by atoms with van der Waals surface area (Å²) in [4.78, 5) is 19.7. The molecule has 1 aromatic carbocycles. The third-order valence-electron chi connectivity index (χ3n) is 2.45. The smallest absolute Gasteiger partial charge is 0.330 e. The lowest BCUT2D eigenvalue weighted by Crippen LogP contribution is -1.98. The molecule has 0 N–H and O–H groups in total. The highest BCUT2D eigenvalue weighted by atomic mass is 16.5. The molecule has 0 radical (unpaired) electrons. The first-order chi connectivity index (χ1) is 9.22. The molecule has 0 saturated carbocycles. The van der Waals surface area contributed by atoms with E-state index in [-0.39, 0.29) is 5.97 Å². The van der Waals surface area contributed by atoms with Crippen molar-refractivity contribution in [3.05, 3.63) is 36.0 Å². The molecule has 0 amide bonds. The predicted molar refractivity (Wildman–Crippen MR) is 71.8 cm³/mol. The lowest BCUT2D eigenvalue weighted by atomic mass is 10.2. The first kappa shape index (κ1) is 13.0. The van der Waals surface area contributed by atoms with Crippen molar-refractivity contribution in [3.8, 4) is 5.88 Å². The maximum Gasteiger partial charge on any atom is 0.330 e. The number of nitrogens with zero attached hydrogens (tertiary/aromatic N) is 2. The summed E-state index contributed by atoms with van der Waals surface area (Å²) in [5, 5.41) is 0. The summed E-state index contributed by atoms with van der Waals surface area (Å²) < 4.78 is 9.82. The SMILES string of the molecule is CCOC(=O)/C=C/c1ccc2nc(OC)cnc2c1. The molecule has 2 rings (SSSR count). The monoisotopic (exact) mass is 258 g/mol. The van der Waals surface area contributed by atoms with Gasteiger partial charge in [-0.3, -0.25) is 0 Å². The van der Waals surface area contributed by atoms with Gasteiger partial charge in [0.25, 0.3) is 0 Å². The van der Waals surface area contributed by atoms with E-state index in [9.17, 15) is 4.79 Å². The summed E-state index contributed by atoms with van der Waals surface area (Å²) in [6.07, 6.45) is 4.63. The zero-order valence-electron chi connectivity index (χ0n) is 10.8. The Balaban J connectivity index is 2.24. The van der Waals surface area contributed by atoms with E-state index in [0.717, 1.165) is 16.6 Å². The average molecular weight is 258 g/mol. The van der Waals surface area contributed by atoms with Crippen molar-refractivity contribution < 1.29 is 14.3 Å². The van der Waals surface area contributed by atoms with Crippen molar-refractivity contribution in [2.75, 3.05) is 13.7 Å². The van der Waals surface area contributed by atoms with Crippen LogP contribution in [0.15, 0.2) is 30.5 Å². The number of methoxy groups -OCH3 is 1. The largest absolute Gasteiger partial charge is 0.480 e. The highest BCUT2D eigenvalue weighted by Gasteiger charge is 2.00. The zero-order chi connectivity index (χ0) is 13.7. The predicted octanol–water partition coefficient (Wildman–Crippen LogP) is 2.21. The number of fused-ring (bicyclic) bond motifs is 1. The number of benzene rings is 1. The van der Waals surface area contributed by atoms with Crippen LogP contribution in [0.25, 0.3) is 17.1 Å². The number of carbonyl (C=O) groups is 1. The molecule has 0 spiro atoms. The molecule has 0 fully saturated rings. The minimum absolute atomic E-state index is 0.358. The third-order valence-corrected chi connectivity index (χ3v) is 2.45. The minimum Gasteiger partial charge on any atom is -0.480 e. The van der Waals surface area contributed by atoms with E-state index in [2.05, 4.69) is 9.97 Å². The lowest BCUT2D eigenvalue weighted by Gasteiger charge is -2.01. The molecule has 0 aliphatic carbocycles. The summed E-state index contributed by atoms with van der Waals surface area (Å²) in [5.74, 6) is 0.116. The second kappa shape index (κ2) is 5.95. The number of esters is 1. The molecule has 5 heteroatoms. The number of ether oxygens (including phenoxy) is 2. The Morgan fingerprint density at radius 2 is 2.21 bits per heavy atom. The maximum atomic E-state index is 11.2. The molecule has 0 unspecified atom stereocenters. The number of hydrogen-bond donors (Lipinski definition) is 0. The number of aromatic nitrogens is 2. The van der Waals surface area contributed by atoms with Crippen LogP contribution in [0.3, 0.4) is 0 Å². The average Bonchev–Trinajstić information content (AvgIpc) is 2.44. The van der Waals surface area contributed by atoms with Crippen molar-refractivity contribution in [2.45, 2.75) is 6.92 Å². The van der Waals surface area contributed by atoms with Crippen LogP contribution >= 0.6 is 0 Å². The highest BCUT2D eigenvalue weighted by molar-refractivity contribution is 5.88. The van der Waals surface area contributed by atoms with Crippen molar-refractivity contribution >= 4 is 23.1 Å². The molecule has 1 heterocycles. The van der Waals surface area contributed by atoms with Gasteiger partial charge in [-0.1, -0.05) is 6.07 Å². The molecule has 19 heavy (non-hydrogen) atoms. The standard InChI is InChI=1S/C14H14N2O3/c1-3-19-14(17)7-5-10-4-6-11-12(8-10)15-9-13(16-11)18-2/h4-9H,3H2,1-2H3/b7-5+. The van der Waals surface area contributed by atoms with E-state index in [4.69, 9.17) is 9.47 Å². The Hall–Kier alpha value is -2.43. The zero-order valence-corrected chi connectivity index (χ0v) is 10.8. The fourth-order valence-electron chi connectivity index (χ4n) is 1.57. The molecule has 0 atom stereocenters. The number of rotatable bonds is 4. The van der Waals surface area contributed by atoms with E-state index in [0.29, 0.717) is 12.5 Å². The van der Waals surface area contributed by atoms with E-state index in [1.54, 1.807) is 26.3 Å². The van der Waals surface area contributed by atoms with Gasteiger partial charge in [0.15, 0.2) is 0 Å². The second-order valence-electron chi connectivity index (χ2n) is 3.75. The van der Waals surface area contributed by atoms with E-state index in [1.165, 1.54) is 6.08 Å². The Kier molecular flexibility index (Phi) is 4.07. The normalized spacial score (nSPS) is 10.8. The van der Waals surface area contributed by atoms with Crippen LogP contribution < -0.4 is 4.74 Å². The van der Waals surface area contributed by atoms with E-state index in [1.807, 2.05) is 18.2 Å². The Morgan fingerprint density at radius 3 is 2.95 bits per heavy atom. The number of hydrogen-bond acceptors (Lipinski definition) is 5. The summed E-state index contributed by atoms with van der Waals surface area (Å²) in [5.41, 5.74) is 2.35. The molecule has 98 valence electrons. The maximum absolute atomic E-state index is 11.2. The molecular weight excluding hydrogens is 244 g/mol. The van der Waals surface area contributed by atoms with E-state index < -0.39 is 0 Å². The second-order valence-corrected chi connectivity index (χ2v) is 3.75. The van der Waals surface area contributed by atoms with Crippen LogP contribution in [0.1, 0.15) is 12.5 Å². The third kappa shape index (κ3) is 3.28.